The number of ether oxygens (including phenoxy) is 1. The van der Waals surface area contributed by atoms with Crippen molar-refractivity contribution < 1.29 is 9.53 Å². The topological polar surface area (TPSA) is 54.5 Å². The van der Waals surface area contributed by atoms with E-state index in [0.29, 0.717) is 12.5 Å². The third kappa shape index (κ3) is 4.77. The van der Waals surface area contributed by atoms with Crippen molar-refractivity contribution in [3.05, 3.63) is 58.1 Å². The molecule has 0 radical (unpaired) electrons. The van der Waals surface area contributed by atoms with Crippen molar-refractivity contribution in [1.82, 2.24) is 15.2 Å². The number of carbonyl (C=O) groups is 1. The van der Waals surface area contributed by atoms with Crippen molar-refractivity contribution in [1.29, 1.82) is 0 Å². The van der Waals surface area contributed by atoms with Crippen LogP contribution < -0.4 is 10.1 Å². The molecule has 1 unspecified atom stereocenters. The fourth-order valence-electron chi connectivity index (χ4n) is 3.87. The van der Waals surface area contributed by atoms with Crippen LogP contribution in [-0.4, -0.2) is 42.0 Å². The molecule has 1 aromatic heterocycles. The highest BCUT2D eigenvalue weighted by atomic mass is 35.5. The van der Waals surface area contributed by atoms with Gasteiger partial charge in [-0.1, -0.05) is 23.7 Å². The molecular weight excluding hydrogens is 418 g/mol. The Morgan fingerprint density at radius 3 is 2.70 bits per heavy atom. The lowest BCUT2D eigenvalue weighted by Gasteiger charge is -2.34. The highest BCUT2D eigenvalue weighted by molar-refractivity contribution is 7.18. The Bertz CT molecular complexity index is 1010. The van der Waals surface area contributed by atoms with Crippen LogP contribution >= 0.6 is 22.9 Å². The number of hydrogen-bond donors (Lipinski definition) is 1. The molecule has 1 N–H and O–H groups in total. The zero-order chi connectivity index (χ0) is 21.1. The summed E-state index contributed by atoms with van der Waals surface area (Å²) in [5.41, 5.74) is 2.04. The number of hydrogen-bond acceptors (Lipinski definition) is 5. The van der Waals surface area contributed by atoms with Gasteiger partial charge in [0.2, 0.25) is 5.91 Å². The highest BCUT2D eigenvalue weighted by Gasteiger charge is 2.28. The van der Waals surface area contributed by atoms with Crippen molar-refractivity contribution >= 4 is 39.1 Å². The predicted octanol–water partition coefficient (Wildman–Crippen LogP) is 4.84. The van der Waals surface area contributed by atoms with Crippen molar-refractivity contribution in [3.63, 3.8) is 0 Å². The molecule has 1 aliphatic rings. The number of likely N-dealkylation sites (tertiary alicyclic amines) is 1. The minimum absolute atomic E-state index is 0.0684. The molecule has 158 valence electrons. The van der Waals surface area contributed by atoms with E-state index in [-0.39, 0.29) is 11.9 Å². The maximum absolute atomic E-state index is 12.6. The molecule has 7 heteroatoms. The number of benzene rings is 2. The molecule has 1 fully saturated rings. The van der Waals surface area contributed by atoms with Gasteiger partial charge in [-0.25, -0.2) is 4.98 Å². The summed E-state index contributed by atoms with van der Waals surface area (Å²) >= 11 is 7.85. The summed E-state index contributed by atoms with van der Waals surface area (Å²) in [5, 5.41) is 4.96. The fourth-order valence-corrected chi connectivity index (χ4v) is 5.16. The van der Waals surface area contributed by atoms with Gasteiger partial charge in [0.05, 0.1) is 28.4 Å². The summed E-state index contributed by atoms with van der Waals surface area (Å²) in [6, 6.07) is 13.5. The lowest BCUT2D eigenvalue weighted by atomic mass is 9.96. The third-order valence-electron chi connectivity index (χ3n) is 5.80. The quantitative estimate of drug-likeness (QED) is 0.592. The van der Waals surface area contributed by atoms with E-state index >= 15 is 0 Å². The molecule has 3 aromatic rings. The number of fused-ring (bicyclic) bond motifs is 1. The van der Waals surface area contributed by atoms with Crippen LogP contribution in [0.25, 0.3) is 10.2 Å². The number of amides is 1. The van der Waals surface area contributed by atoms with E-state index in [0.717, 1.165) is 47.8 Å². The number of rotatable bonds is 6. The van der Waals surface area contributed by atoms with Crippen molar-refractivity contribution in [2.45, 2.75) is 38.3 Å². The number of nitrogens with zero attached hydrogens (tertiary/aromatic N) is 2. The molecule has 1 saturated heterocycles. The van der Waals surface area contributed by atoms with E-state index in [2.05, 4.69) is 10.2 Å². The van der Waals surface area contributed by atoms with Crippen LogP contribution in [0.15, 0.2) is 42.5 Å². The van der Waals surface area contributed by atoms with E-state index in [1.807, 2.05) is 49.4 Å². The second-order valence-electron chi connectivity index (χ2n) is 7.72. The molecule has 4 rings (SSSR count). The van der Waals surface area contributed by atoms with Crippen LogP contribution in [-0.2, 0) is 11.3 Å². The minimum atomic E-state index is -0.140. The highest BCUT2D eigenvalue weighted by Crippen LogP contribution is 2.35. The Morgan fingerprint density at radius 2 is 2.00 bits per heavy atom. The van der Waals surface area contributed by atoms with Crippen molar-refractivity contribution in [2.75, 3.05) is 20.2 Å². The Morgan fingerprint density at radius 1 is 1.27 bits per heavy atom. The number of methoxy groups -OCH3 is 1. The van der Waals surface area contributed by atoms with Gasteiger partial charge in [0, 0.05) is 17.5 Å². The predicted molar refractivity (Wildman–Crippen MR) is 122 cm³/mol. The second-order valence-corrected chi connectivity index (χ2v) is 9.21. The number of halogens is 1. The first-order chi connectivity index (χ1) is 14.5. The Kier molecular flexibility index (Phi) is 6.56. The Hall–Kier alpha value is -2.15. The molecule has 0 spiro atoms. The summed E-state index contributed by atoms with van der Waals surface area (Å²) in [4.78, 5) is 19.7. The number of thiazole rings is 1. The van der Waals surface area contributed by atoms with Gasteiger partial charge in [-0.3, -0.25) is 9.69 Å². The van der Waals surface area contributed by atoms with Crippen LogP contribution in [0.2, 0.25) is 5.02 Å². The normalized spacial score (nSPS) is 16.5. The number of carbonyl (C=O) groups excluding carboxylic acids is 1. The van der Waals surface area contributed by atoms with Gasteiger partial charge in [-0.2, -0.15) is 0 Å². The van der Waals surface area contributed by atoms with Crippen LogP contribution in [0.4, 0.5) is 0 Å². The zero-order valence-electron chi connectivity index (χ0n) is 17.2. The van der Waals surface area contributed by atoms with Crippen molar-refractivity contribution in [2.24, 2.45) is 0 Å². The summed E-state index contributed by atoms with van der Waals surface area (Å²) in [7, 11) is 1.65. The van der Waals surface area contributed by atoms with Gasteiger partial charge in [-0.05, 0) is 68.8 Å². The monoisotopic (exact) mass is 443 g/mol. The van der Waals surface area contributed by atoms with E-state index in [1.165, 1.54) is 9.71 Å². The van der Waals surface area contributed by atoms with Crippen LogP contribution in [0.5, 0.6) is 5.75 Å². The van der Waals surface area contributed by atoms with Crippen LogP contribution in [0, 0.1) is 0 Å². The molecule has 30 heavy (non-hydrogen) atoms. The van der Waals surface area contributed by atoms with E-state index < -0.39 is 0 Å². The average molecular weight is 444 g/mol. The van der Waals surface area contributed by atoms with Gasteiger partial charge in [0.15, 0.2) is 0 Å². The molecule has 0 saturated carbocycles. The number of aromatic nitrogens is 1. The number of nitrogens with one attached hydrogen (secondary N) is 1. The lowest BCUT2D eigenvalue weighted by molar-refractivity contribution is -0.126. The van der Waals surface area contributed by atoms with Gasteiger partial charge >= 0.3 is 0 Å². The zero-order valence-corrected chi connectivity index (χ0v) is 18.8. The summed E-state index contributed by atoms with van der Waals surface area (Å²) in [6.45, 7) is 4.32. The second kappa shape index (κ2) is 9.33. The Labute approximate surface area is 186 Å². The average Bonchev–Trinajstić information content (AvgIpc) is 3.20. The SMILES string of the molecule is COc1ccc(CNC(=O)C(C)N2CCC(c3nc4cc(Cl)ccc4s3)CC2)cc1. The molecule has 1 aliphatic heterocycles. The summed E-state index contributed by atoms with van der Waals surface area (Å²) in [5.74, 6) is 1.34. The maximum atomic E-state index is 12.6. The summed E-state index contributed by atoms with van der Waals surface area (Å²) < 4.78 is 6.36. The smallest absolute Gasteiger partial charge is 0.237 e. The number of piperidine rings is 1. The Balaban J connectivity index is 1.29. The maximum Gasteiger partial charge on any atom is 0.237 e. The standard InChI is InChI=1S/C23H26ClN3O2S/c1-15(22(28)25-14-16-3-6-19(29-2)7-4-16)27-11-9-17(10-12-27)23-26-20-13-18(24)5-8-21(20)30-23/h3-8,13,15,17H,9-12,14H2,1-2H3,(H,25,28). The minimum Gasteiger partial charge on any atom is -0.497 e. The van der Waals surface area contributed by atoms with Crippen LogP contribution in [0.1, 0.15) is 36.3 Å². The first kappa shape index (κ1) is 21.1. The first-order valence-corrected chi connectivity index (χ1v) is 11.4. The molecule has 2 aromatic carbocycles. The molecule has 5 nitrogen and oxygen atoms in total. The first-order valence-electron chi connectivity index (χ1n) is 10.2. The molecular formula is C23H26ClN3O2S. The van der Waals surface area contributed by atoms with Gasteiger partial charge in [-0.15, -0.1) is 11.3 Å². The van der Waals surface area contributed by atoms with Crippen molar-refractivity contribution in [3.8, 4) is 5.75 Å². The molecule has 0 aliphatic carbocycles. The van der Waals surface area contributed by atoms with E-state index in [1.54, 1.807) is 18.4 Å². The molecule has 0 bridgehead atoms. The lowest BCUT2D eigenvalue weighted by Crippen LogP contribution is -2.47. The third-order valence-corrected chi connectivity index (χ3v) is 7.23. The van der Waals surface area contributed by atoms with Crippen LogP contribution in [0.3, 0.4) is 0 Å². The van der Waals surface area contributed by atoms with E-state index in [4.69, 9.17) is 21.3 Å². The van der Waals surface area contributed by atoms with Gasteiger partial charge in [0.1, 0.15) is 5.75 Å². The fraction of sp³-hybridized carbons (Fsp3) is 0.391. The molecule has 2 heterocycles. The van der Waals surface area contributed by atoms with Gasteiger partial charge < -0.3 is 10.1 Å². The van der Waals surface area contributed by atoms with E-state index in [9.17, 15) is 4.79 Å². The molecule has 1 atom stereocenters. The van der Waals surface area contributed by atoms with Gasteiger partial charge in [0.25, 0.3) is 0 Å². The summed E-state index contributed by atoms with van der Waals surface area (Å²) in [6.07, 6.45) is 2.04. The largest absolute Gasteiger partial charge is 0.497 e. The molecule has 1 amide bonds.